The molecule has 2 saturated carbocycles. The van der Waals surface area contributed by atoms with Crippen molar-refractivity contribution in [1.29, 1.82) is 0 Å². The quantitative estimate of drug-likeness (QED) is 0.700. The van der Waals surface area contributed by atoms with E-state index in [-0.39, 0.29) is 0 Å². The van der Waals surface area contributed by atoms with Crippen LogP contribution >= 0.6 is 0 Å². The van der Waals surface area contributed by atoms with Gasteiger partial charge in [0.1, 0.15) is 0 Å². The van der Waals surface area contributed by atoms with E-state index in [9.17, 15) is 0 Å². The predicted molar refractivity (Wildman–Crippen MR) is 80.5 cm³/mol. The number of pyridine rings is 1. The van der Waals surface area contributed by atoms with Crippen LogP contribution in [0.3, 0.4) is 0 Å². The van der Waals surface area contributed by atoms with Crippen molar-refractivity contribution in [3.63, 3.8) is 0 Å². The summed E-state index contributed by atoms with van der Waals surface area (Å²) in [6.45, 7) is 13.9. The van der Waals surface area contributed by atoms with Gasteiger partial charge in [-0.1, -0.05) is 13.8 Å². The van der Waals surface area contributed by atoms with E-state index in [0.29, 0.717) is 5.41 Å². The zero-order valence-electron chi connectivity index (χ0n) is 13.3. The van der Waals surface area contributed by atoms with Crippen molar-refractivity contribution in [1.82, 2.24) is 4.98 Å². The molecule has 2 bridgehead atoms. The van der Waals surface area contributed by atoms with E-state index in [2.05, 4.69) is 41.5 Å². The van der Waals surface area contributed by atoms with Crippen LogP contribution in [0.4, 0.5) is 0 Å². The molecule has 0 radical (unpaired) electrons. The van der Waals surface area contributed by atoms with Crippen molar-refractivity contribution in [2.75, 3.05) is 0 Å². The minimum Gasteiger partial charge on any atom is -0.258 e. The summed E-state index contributed by atoms with van der Waals surface area (Å²) in [5, 5.41) is 0. The van der Waals surface area contributed by atoms with Gasteiger partial charge in [-0.2, -0.15) is 0 Å². The summed E-state index contributed by atoms with van der Waals surface area (Å²) >= 11 is 0. The molecule has 2 unspecified atom stereocenters. The zero-order chi connectivity index (χ0) is 13.9. The van der Waals surface area contributed by atoms with Gasteiger partial charge in [-0.25, -0.2) is 0 Å². The lowest BCUT2D eigenvalue weighted by Gasteiger charge is -2.29. The number of nitrogens with zero attached hydrogens (tertiary/aromatic N) is 1. The molecule has 2 aliphatic rings. The first-order chi connectivity index (χ1) is 8.84. The number of hydrogen-bond donors (Lipinski definition) is 0. The highest BCUT2D eigenvalue weighted by molar-refractivity contribution is 5.42. The fraction of sp³-hybridized carbons (Fsp3) is 0.722. The van der Waals surface area contributed by atoms with Gasteiger partial charge in [-0.05, 0) is 86.8 Å². The highest BCUT2D eigenvalue weighted by Crippen LogP contribution is 2.63. The van der Waals surface area contributed by atoms with Crippen molar-refractivity contribution >= 4 is 0 Å². The molecular weight excluding hydrogens is 230 g/mol. The Morgan fingerprint density at radius 2 is 1.63 bits per heavy atom. The summed E-state index contributed by atoms with van der Waals surface area (Å²) in [5.41, 5.74) is 7.54. The molecule has 2 aliphatic carbocycles. The summed E-state index contributed by atoms with van der Waals surface area (Å²) in [4.78, 5) is 4.81. The second-order valence-electron chi connectivity index (χ2n) is 7.49. The molecule has 3 rings (SSSR count). The smallest absolute Gasteiger partial charge is 0.0413 e. The number of fused-ring (bicyclic) bond motifs is 2. The summed E-state index contributed by atoms with van der Waals surface area (Å²) in [5.74, 6) is 2.57. The first-order valence-corrected chi connectivity index (χ1v) is 7.78. The van der Waals surface area contributed by atoms with Gasteiger partial charge in [0.2, 0.25) is 0 Å². The predicted octanol–water partition coefficient (Wildman–Crippen LogP) is 4.85. The molecule has 19 heavy (non-hydrogen) atoms. The Morgan fingerprint density at radius 1 is 0.947 bits per heavy atom. The Kier molecular flexibility index (Phi) is 2.82. The third-order valence-corrected chi connectivity index (χ3v) is 6.46. The standard InChI is InChI=1S/C18H27N/c1-10-11(2)17(13(4)19-12(10)3)15-9-14-7-8-16(15)18(14,5)6/h14-16H,7-9H2,1-6H3/t14?,15-,16?/m0/s1. The lowest BCUT2D eigenvalue weighted by Crippen LogP contribution is -2.20. The second kappa shape index (κ2) is 4.07. The summed E-state index contributed by atoms with van der Waals surface area (Å²) in [7, 11) is 0. The van der Waals surface area contributed by atoms with Crippen LogP contribution in [0.2, 0.25) is 0 Å². The van der Waals surface area contributed by atoms with Crippen LogP contribution in [-0.4, -0.2) is 4.98 Å². The minimum atomic E-state index is 0.544. The number of aromatic nitrogens is 1. The minimum absolute atomic E-state index is 0.544. The molecule has 1 nitrogen and oxygen atoms in total. The molecule has 1 aromatic heterocycles. The Bertz CT molecular complexity index is 527. The van der Waals surface area contributed by atoms with Crippen LogP contribution in [0, 0.1) is 44.9 Å². The molecule has 0 saturated heterocycles. The van der Waals surface area contributed by atoms with E-state index in [1.165, 1.54) is 41.8 Å². The first-order valence-electron chi connectivity index (χ1n) is 7.78. The zero-order valence-corrected chi connectivity index (χ0v) is 13.3. The van der Waals surface area contributed by atoms with Crippen LogP contribution < -0.4 is 0 Å². The van der Waals surface area contributed by atoms with E-state index < -0.39 is 0 Å². The van der Waals surface area contributed by atoms with Crippen LogP contribution in [0.1, 0.15) is 67.1 Å². The van der Waals surface area contributed by atoms with Gasteiger partial charge in [0.25, 0.3) is 0 Å². The van der Waals surface area contributed by atoms with Crippen LogP contribution in [0.5, 0.6) is 0 Å². The molecule has 2 fully saturated rings. The lowest BCUT2D eigenvalue weighted by molar-refractivity contribution is 0.253. The molecule has 1 heterocycles. The molecular formula is C18H27N. The Balaban J connectivity index is 2.08. The highest BCUT2D eigenvalue weighted by atomic mass is 14.7. The van der Waals surface area contributed by atoms with Gasteiger partial charge < -0.3 is 0 Å². The maximum absolute atomic E-state index is 4.81. The molecule has 1 aromatic rings. The van der Waals surface area contributed by atoms with Crippen molar-refractivity contribution in [2.45, 2.75) is 66.7 Å². The second-order valence-corrected chi connectivity index (χ2v) is 7.49. The van der Waals surface area contributed by atoms with Crippen molar-refractivity contribution in [3.8, 4) is 0 Å². The molecule has 0 N–H and O–H groups in total. The molecule has 1 heteroatoms. The van der Waals surface area contributed by atoms with E-state index >= 15 is 0 Å². The van der Waals surface area contributed by atoms with Crippen LogP contribution in [0.25, 0.3) is 0 Å². The summed E-state index contributed by atoms with van der Waals surface area (Å²) in [6.07, 6.45) is 4.27. The highest BCUT2D eigenvalue weighted by Gasteiger charge is 2.54. The monoisotopic (exact) mass is 257 g/mol. The van der Waals surface area contributed by atoms with Gasteiger partial charge in [0.15, 0.2) is 0 Å². The average molecular weight is 257 g/mol. The van der Waals surface area contributed by atoms with Gasteiger partial charge in [-0.15, -0.1) is 0 Å². The number of rotatable bonds is 1. The molecule has 0 aliphatic heterocycles. The van der Waals surface area contributed by atoms with Gasteiger partial charge in [-0.3, -0.25) is 4.98 Å². The normalized spacial score (nSPS) is 32.0. The maximum Gasteiger partial charge on any atom is 0.0413 e. The van der Waals surface area contributed by atoms with E-state index in [1.54, 1.807) is 5.56 Å². The summed E-state index contributed by atoms with van der Waals surface area (Å²) in [6, 6.07) is 0. The number of aryl methyl sites for hydroxylation is 2. The Labute approximate surface area is 117 Å². The SMILES string of the molecule is Cc1nc(C)c([C@H]2CC3CCC2C3(C)C)c(C)c1C. The third-order valence-electron chi connectivity index (χ3n) is 6.46. The molecule has 0 amide bonds. The molecule has 3 atom stereocenters. The van der Waals surface area contributed by atoms with Crippen molar-refractivity contribution in [2.24, 2.45) is 17.3 Å². The molecule has 104 valence electrons. The topological polar surface area (TPSA) is 12.9 Å². The van der Waals surface area contributed by atoms with E-state index in [4.69, 9.17) is 4.98 Å². The maximum atomic E-state index is 4.81. The summed E-state index contributed by atoms with van der Waals surface area (Å²) < 4.78 is 0. The largest absolute Gasteiger partial charge is 0.258 e. The fourth-order valence-corrected chi connectivity index (χ4v) is 5.05. The van der Waals surface area contributed by atoms with Gasteiger partial charge in [0.05, 0.1) is 0 Å². The Morgan fingerprint density at radius 3 is 2.16 bits per heavy atom. The van der Waals surface area contributed by atoms with Crippen LogP contribution in [0.15, 0.2) is 0 Å². The van der Waals surface area contributed by atoms with Crippen molar-refractivity contribution in [3.05, 3.63) is 28.1 Å². The van der Waals surface area contributed by atoms with Crippen LogP contribution in [-0.2, 0) is 0 Å². The van der Waals surface area contributed by atoms with Crippen molar-refractivity contribution < 1.29 is 0 Å². The van der Waals surface area contributed by atoms with E-state index in [0.717, 1.165) is 17.8 Å². The van der Waals surface area contributed by atoms with Gasteiger partial charge >= 0.3 is 0 Å². The average Bonchev–Trinajstić information content (AvgIpc) is 2.75. The lowest BCUT2D eigenvalue weighted by atomic mass is 9.76. The molecule has 0 spiro atoms. The molecule has 0 aromatic carbocycles. The fourth-order valence-electron chi connectivity index (χ4n) is 5.05. The Hall–Kier alpha value is -0.850. The third kappa shape index (κ3) is 1.70. The van der Waals surface area contributed by atoms with E-state index in [1.807, 2.05) is 0 Å². The van der Waals surface area contributed by atoms with Gasteiger partial charge in [0, 0.05) is 11.4 Å². The number of hydrogen-bond acceptors (Lipinski definition) is 1. The first kappa shape index (κ1) is 13.1.